The van der Waals surface area contributed by atoms with Crippen molar-refractivity contribution >= 4 is 10.0 Å². The summed E-state index contributed by atoms with van der Waals surface area (Å²) in [6.45, 7) is 9.55. The highest BCUT2D eigenvalue weighted by Crippen LogP contribution is 2.23. The quantitative estimate of drug-likeness (QED) is 0.787. The molecule has 0 aliphatic carbocycles. The number of hydrogen-bond donors (Lipinski definition) is 1. The highest BCUT2D eigenvalue weighted by molar-refractivity contribution is 7.89. The Morgan fingerprint density at radius 3 is 2.08 bits per heavy atom. The lowest BCUT2D eigenvalue weighted by Gasteiger charge is -2.24. The summed E-state index contributed by atoms with van der Waals surface area (Å²) in [6, 6.07) is 8.98. The fourth-order valence-electron chi connectivity index (χ4n) is 2.93. The fraction of sp³-hybridized carbons (Fsp3) is 0.400. The van der Waals surface area contributed by atoms with E-state index in [0.717, 1.165) is 16.7 Å². The molecule has 1 unspecified atom stereocenters. The van der Waals surface area contributed by atoms with E-state index in [2.05, 4.69) is 4.72 Å². The first-order valence-corrected chi connectivity index (χ1v) is 10.1. The van der Waals surface area contributed by atoms with Crippen molar-refractivity contribution in [1.82, 2.24) is 4.72 Å². The largest absolute Gasteiger partial charge is 0.492 e. The van der Waals surface area contributed by atoms with E-state index in [-0.39, 0.29) is 18.3 Å². The zero-order valence-electron chi connectivity index (χ0n) is 15.8. The third kappa shape index (κ3) is 5.05. The Labute approximate surface area is 155 Å². The number of nitrogens with one attached hydrogen (secondary N) is 1. The molecule has 0 bridgehead atoms. The van der Waals surface area contributed by atoms with Gasteiger partial charge in [-0.1, -0.05) is 31.5 Å². The minimum Gasteiger partial charge on any atom is -0.492 e. The first-order valence-electron chi connectivity index (χ1n) is 8.58. The second-order valence-electron chi connectivity index (χ2n) is 6.96. The Kier molecular flexibility index (Phi) is 6.42. The standard InChI is InChI=1S/C20H26FNO3S/c1-13(2)19(12-25-18-8-6-17(21)7-9-18)22-26(23,24)20-15(4)10-14(3)11-16(20)5/h6-11,13,19,22H,12H2,1-5H3. The number of halogens is 1. The van der Waals surface area contributed by atoms with Crippen LogP contribution in [0.5, 0.6) is 5.75 Å². The number of ether oxygens (including phenoxy) is 1. The van der Waals surface area contributed by atoms with Crippen molar-refractivity contribution in [2.45, 2.75) is 45.6 Å². The second-order valence-corrected chi connectivity index (χ2v) is 8.62. The minimum absolute atomic E-state index is 0.0243. The summed E-state index contributed by atoms with van der Waals surface area (Å²) >= 11 is 0. The van der Waals surface area contributed by atoms with Crippen molar-refractivity contribution in [3.8, 4) is 5.75 Å². The average Bonchev–Trinajstić information content (AvgIpc) is 2.51. The van der Waals surface area contributed by atoms with Crippen LogP contribution in [0.3, 0.4) is 0 Å². The molecule has 0 saturated heterocycles. The zero-order chi connectivity index (χ0) is 19.5. The summed E-state index contributed by atoms with van der Waals surface area (Å²) in [7, 11) is -3.68. The molecule has 0 heterocycles. The number of benzene rings is 2. The molecule has 2 aromatic carbocycles. The first kappa shape index (κ1) is 20.4. The van der Waals surface area contributed by atoms with Crippen LogP contribution in [0.15, 0.2) is 41.3 Å². The van der Waals surface area contributed by atoms with E-state index in [1.807, 2.05) is 32.9 Å². The molecule has 0 radical (unpaired) electrons. The minimum atomic E-state index is -3.68. The third-order valence-electron chi connectivity index (χ3n) is 4.23. The van der Waals surface area contributed by atoms with Crippen LogP contribution < -0.4 is 9.46 Å². The predicted molar refractivity (Wildman–Crippen MR) is 101 cm³/mol. The van der Waals surface area contributed by atoms with Gasteiger partial charge in [-0.05, 0) is 62.1 Å². The lowest BCUT2D eigenvalue weighted by atomic mass is 10.1. The molecule has 4 nitrogen and oxygen atoms in total. The van der Waals surface area contributed by atoms with Gasteiger partial charge in [0.15, 0.2) is 0 Å². The Hall–Kier alpha value is -1.92. The first-order chi connectivity index (χ1) is 12.1. The van der Waals surface area contributed by atoms with Gasteiger partial charge in [0.1, 0.15) is 18.2 Å². The Morgan fingerprint density at radius 2 is 1.58 bits per heavy atom. The number of aryl methyl sites for hydroxylation is 3. The molecule has 0 amide bonds. The summed E-state index contributed by atoms with van der Waals surface area (Å²) < 4.78 is 47.3. The maximum absolute atomic E-state index is 13.0. The summed E-state index contributed by atoms with van der Waals surface area (Å²) in [5.41, 5.74) is 2.47. The van der Waals surface area contributed by atoms with Crippen molar-refractivity contribution in [2.24, 2.45) is 5.92 Å². The van der Waals surface area contributed by atoms with Crippen molar-refractivity contribution in [2.75, 3.05) is 6.61 Å². The average molecular weight is 379 g/mol. The Morgan fingerprint density at radius 1 is 1.04 bits per heavy atom. The van der Waals surface area contributed by atoms with Crippen LogP contribution in [-0.4, -0.2) is 21.1 Å². The van der Waals surface area contributed by atoms with Crippen LogP contribution in [0.4, 0.5) is 4.39 Å². The molecule has 0 aliphatic rings. The molecule has 142 valence electrons. The van der Waals surface area contributed by atoms with Gasteiger partial charge in [0.2, 0.25) is 10.0 Å². The van der Waals surface area contributed by atoms with Crippen LogP contribution in [-0.2, 0) is 10.0 Å². The molecule has 6 heteroatoms. The van der Waals surface area contributed by atoms with Crippen molar-refractivity contribution in [3.63, 3.8) is 0 Å². The van der Waals surface area contributed by atoms with Crippen molar-refractivity contribution < 1.29 is 17.5 Å². The van der Waals surface area contributed by atoms with Crippen LogP contribution >= 0.6 is 0 Å². The van der Waals surface area contributed by atoms with Crippen LogP contribution in [0.1, 0.15) is 30.5 Å². The molecular formula is C20H26FNO3S. The van der Waals surface area contributed by atoms with Crippen molar-refractivity contribution in [3.05, 3.63) is 58.9 Å². The van der Waals surface area contributed by atoms with Gasteiger partial charge in [-0.3, -0.25) is 0 Å². The van der Waals surface area contributed by atoms with Crippen LogP contribution in [0, 0.1) is 32.5 Å². The van der Waals surface area contributed by atoms with Crippen molar-refractivity contribution in [1.29, 1.82) is 0 Å². The molecule has 2 rings (SSSR count). The van der Waals surface area contributed by atoms with E-state index in [1.54, 1.807) is 13.8 Å². The molecule has 0 aromatic heterocycles. The molecule has 0 aliphatic heterocycles. The molecule has 0 fully saturated rings. The summed E-state index contributed by atoms with van der Waals surface area (Å²) in [5, 5.41) is 0. The molecule has 26 heavy (non-hydrogen) atoms. The van der Waals surface area contributed by atoms with Gasteiger partial charge in [0.05, 0.1) is 10.9 Å². The van der Waals surface area contributed by atoms with Crippen LogP contribution in [0.2, 0.25) is 0 Å². The van der Waals surface area contributed by atoms with E-state index in [1.165, 1.54) is 24.3 Å². The van der Waals surface area contributed by atoms with E-state index < -0.39 is 16.1 Å². The number of hydrogen-bond acceptors (Lipinski definition) is 3. The molecule has 1 atom stereocenters. The van der Waals surface area contributed by atoms with Gasteiger partial charge in [-0.15, -0.1) is 0 Å². The molecule has 1 N–H and O–H groups in total. The van der Waals surface area contributed by atoms with E-state index in [9.17, 15) is 12.8 Å². The maximum Gasteiger partial charge on any atom is 0.241 e. The SMILES string of the molecule is Cc1cc(C)c(S(=O)(=O)NC(COc2ccc(F)cc2)C(C)C)c(C)c1. The Balaban J connectivity index is 2.19. The molecule has 2 aromatic rings. The lowest BCUT2D eigenvalue weighted by Crippen LogP contribution is -2.43. The monoisotopic (exact) mass is 379 g/mol. The van der Waals surface area contributed by atoms with Gasteiger partial charge in [-0.25, -0.2) is 17.5 Å². The fourth-order valence-corrected chi connectivity index (χ4v) is 4.75. The van der Waals surface area contributed by atoms with E-state index >= 15 is 0 Å². The topological polar surface area (TPSA) is 55.4 Å². The number of rotatable bonds is 7. The summed E-state index contributed by atoms with van der Waals surface area (Å²) in [5.74, 6) is 0.180. The smallest absolute Gasteiger partial charge is 0.241 e. The Bertz CT molecular complexity index is 838. The zero-order valence-corrected chi connectivity index (χ0v) is 16.7. The maximum atomic E-state index is 13.0. The number of sulfonamides is 1. The molecule has 0 saturated carbocycles. The van der Waals surface area contributed by atoms with E-state index in [0.29, 0.717) is 10.6 Å². The third-order valence-corrected chi connectivity index (χ3v) is 6.02. The highest BCUT2D eigenvalue weighted by Gasteiger charge is 2.26. The van der Waals surface area contributed by atoms with Gasteiger partial charge < -0.3 is 4.74 Å². The summed E-state index contributed by atoms with van der Waals surface area (Å²) in [4.78, 5) is 0.315. The van der Waals surface area contributed by atoms with E-state index in [4.69, 9.17) is 4.74 Å². The highest BCUT2D eigenvalue weighted by atomic mass is 32.2. The molecular weight excluding hydrogens is 353 g/mol. The normalized spacial score (nSPS) is 13.0. The van der Waals surface area contributed by atoms with Crippen LogP contribution in [0.25, 0.3) is 0 Å². The van der Waals surface area contributed by atoms with Gasteiger partial charge in [-0.2, -0.15) is 0 Å². The second kappa shape index (κ2) is 8.18. The molecule has 0 spiro atoms. The van der Waals surface area contributed by atoms with Gasteiger partial charge in [0, 0.05) is 0 Å². The summed E-state index contributed by atoms with van der Waals surface area (Å²) in [6.07, 6.45) is 0. The lowest BCUT2D eigenvalue weighted by molar-refractivity contribution is 0.247. The van der Waals surface area contributed by atoms with Gasteiger partial charge >= 0.3 is 0 Å². The predicted octanol–water partition coefficient (Wildman–Crippen LogP) is 4.13. The van der Waals surface area contributed by atoms with Gasteiger partial charge in [0.25, 0.3) is 0 Å².